The zero-order valence-electron chi connectivity index (χ0n) is 60.7. The number of hydrogen-bond acceptors (Lipinski definition) is 20. The zero-order chi connectivity index (χ0) is 71.8. The first kappa shape index (κ1) is 89.7. The van der Waals surface area contributed by atoms with Crippen LogP contribution in [-0.4, -0.2) is 215 Å². The van der Waals surface area contributed by atoms with E-state index in [1.54, 1.807) is 6.08 Å². The third-order valence-corrected chi connectivity index (χ3v) is 20.0. The average Bonchev–Trinajstić information content (AvgIpc) is 0.754. The fourth-order valence-electron chi connectivity index (χ4n) is 13.8. The Morgan fingerprint density at radius 3 is 1.36 bits per heavy atom. The Hall–Kier alpha value is -2.53. The van der Waals surface area contributed by atoms with E-state index in [9.17, 15) is 75.7 Å². The molecule has 0 aromatic heterocycles. The molecule has 23 heteroatoms. The summed E-state index contributed by atoms with van der Waals surface area (Å²) >= 11 is 0. The number of aliphatic carboxylic acids is 1. The zero-order valence-corrected chi connectivity index (χ0v) is 60.7. The molecule has 3 heterocycles. The number of nitrogens with one attached hydrogen (secondary N) is 2. The highest BCUT2D eigenvalue weighted by Gasteiger charge is 2.60. The number of rotatable bonds is 61. The number of aliphatic hydroxyl groups excluding tert-OH is 11. The number of ether oxygens (including phenoxy) is 6. The monoisotopic (exact) mass is 1400 g/mol. The second kappa shape index (κ2) is 55.0. The number of carbonyl (C=O) groups is 3. The molecule has 3 rings (SSSR count). The lowest BCUT2D eigenvalue weighted by Crippen LogP contribution is -2.70. The molecule has 3 aliphatic heterocycles. The van der Waals surface area contributed by atoms with Gasteiger partial charge >= 0.3 is 5.97 Å². The number of amides is 2. The van der Waals surface area contributed by atoms with Gasteiger partial charge < -0.3 is 100 Å². The minimum absolute atomic E-state index is 0.205. The Kier molecular flexibility index (Phi) is 50.4. The van der Waals surface area contributed by atoms with Crippen LogP contribution in [0.2, 0.25) is 0 Å². The molecule has 14 N–H and O–H groups in total. The minimum Gasteiger partial charge on any atom is -0.477 e. The van der Waals surface area contributed by atoms with E-state index in [2.05, 4.69) is 24.5 Å². The van der Waals surface area contributed by atoms with Gasteiger partial charge in [-0.05, 0) is 19.3 Å². The first-order chi connectivity index (χ1) is 47.4. The van der Waals surface area contributed by atoms with E-state index in [-0.39, 0.29) is 12.3 Å². The van der Waals surface area contributed by atoms with Gasteiger partial charge in [-0.25, -0.2) is 4.79 Å². The normalized spacial score (nSPS) is 27.3. The maximum absolute atomic E-state index is 13.5. The summed E-state index contributed by atoms with van der Waals surface area (Å²) in [4.78, 5) is 38.6. The third-order valence-electron chi connectivity index (χ3n) is 20.0. The largest absolute Gasteiger partial charge is 0.477 e. The molecule has 3 aliphatic rings. The summed E-state index contributed by atoms with van der Waals surface area (Å²) in [7, 11) is 0. The highest BCUT2D eigenvalue weighted by Crippen LogP contribution is 2.39. The molecule has 18 unspecified atom stereocenters. The van der Waals surface area contributed by atoms with Crippen molar-refractivity contribution in [3.05, 3.63) is 12.2 Å². The average molecular weight is 1410 g/mol. The lowest BCUT2D eigenvalue weighted by Gasteiger charge is -2.50. The molecule has 23 nitrogen and oxygen atoms in total. The van der Waals surface area contributed by atoms with Gasteiger partial charge in [0.15, 0.2) is 12.6 Å². The van der Waals surface area contributed by atoms with E-state index in [1.165, 1.54) is 218 Å². The van der Waals surface area contributed by atoms with E-state index in [4.69, 9.17) is 28.4 Å². The summed E-state index contributed by atoms with van der Waals surface area (Å²) in [5, 5.41) is 136. The van der Waals surface area contributed by atoms with Crippen LogP contribution in [0.15, 0.2) is 12.2 Å². The number of hydrogen-bond donors (Lipinski definition) is 14. The highest BCUT2D eigenvalue weighted by molar-refractivity contribution is 5.77. The van der Waals surface area contributed by atoms with Gasteiger partial charge in [0.1, 0.15) is 67.1 Å². The van der Waals surface area contributed by atoms with Gasteiger partial charge in [0.2, 0.25) is 11.8 Å². The Balaban J connectivity index is 1.45. The minimum atomic E-state index is -3.08. The van der Waals surface area contributed by atoms with Gasteiger partial charge in [-0.3, -0.25) is 9.59 Å². The summed E-state index contributed by atoms with van der Waals surface area (Å²) in [5.74, 6) is -6.13. The van der Waals surface area contributed by atoms with Crippen LogP contribution >= 0.6 is 0 Å². The molecular formula is C75H140N2O21. The molecule has 0 aromatic rings. The van der Waals surface area contributed by atoms with Crippen LogP contribution in [0.3, 0.4) is 0 Å². The van der Waals surface area contributed by atoms with Crippen molar-refractivity contribution in [2.45, 2.75) is 420 Å². The smallest absolute Gasteiger partial charge is 0.364 e. The highest BCUT2D eigenvalue weighted by atomic mass is 16.8. The molecular weight excluding hydrogens is 1260 g/mol. The first-order valence-electron chi connectivity index (χ1n) is 39.1. The standard InChI is InChI=1S/C75H140N2O21/c1-4-6-8-10-12-14-16-18-19-20-21-22-23-24-25-26-27-28-29-30-31-32-33-34-35-36-37-39-41-43-45-47-49-62(85)77-56(57(82)48-46-44-42-40-38-17-15-13-11-9-7-5-2)54-93-72-67(89)66(88)69(61(53-80)95-72)96-73-68(90)71(65(87)60(52-79)94-73)98-75(74(91)92)50-58(83)63(76-55(3)81)70(97-75)64(86)59(84)51-78/h46,48,56-61,63-73,78-80,82-84,86-90H,4-45,47,49-54H2,1-3H3,(H,76,81)(H,77,85)(H,91,92)/b48-46+. The van der Waals surface area contributed by atoms with Crippen molar-refractivity contribution in [3.8, 4) is 0 Å². The topological polar surface area (TPSA) is 373 Å². The number of allylic oxidation sites excluding steroid dienone is 1. The summed E-state index contributed by atoms with van der Waals surface area (Å²) in [6, 6.07) is -2.61. The molecule has 2 amide bonds. The molecule has 576 valence electrons. The predicted octanol–water partition coefficient (Wildman–Crippen LogP) is 9.41. The Morgan fingerprint density at radius 2 is 0.949 bits per heavy atom. The van der Waals surface area contributed by atoms with Crippen LogP contribution in [0.25, 0.3) is 0 Å². The van der Waals surface area contributed by atoms with E-state index >= 15 is 0 Å². The first-order valence-corrected chi connectivity index (χ1v) is 39.1. The van der Waals surface area contributed by atoms with Crippen LogP contribution in [0.5, 0.6) is 0 Å². The van der Waals surface area contributed by atoms with Crippen molar-refractivity contribution in [1.82, 2.24) is 10.6 Å². The lowest BCUT2D eigenvalue weighted by atomic mass is 9.88. The van der Waals surface area contributed by atoms with Gasteiger partial charge in [0, 0.05) is 19.8 Å². The Bertz CT molecular complexity index is 2010. The Labute approximate surface area is 588 Å². The second-order valence-corrected chi connectivity index (χ2v) is 28.6. The number of carboxylic acids is 1. The van der Waals surface area contributed by atoms with Crippen molar-refractivity contribution in [2.24, 2.45) is 0 Å². The van der Waals surface area contributed by atoms with Crippen molar-refractivity contribution in [2.75, 3.05) is 26.4 Å². The van der Waals surface area contributed by atoms with Gasteiger partial charge in [-0.1, -0.05) is 283 Å². The predicted molar refractivity (Wildman–Crippen MR) is 375 cm³/mol. The van der Waals surface area contributed by atoms with E-state index in [0.717, 1.165) is 51.9 Å². The van der Waals surface area contributed by atoms with Crippen LogP contribution in [0.4, 0.5) is 0 Å². The van der Waals surface area contributed by atoms with E-state index in [0.29, 0.717) is 12.8 Å². The molecule has 3 fully saturated rings. The number of unbranched alkanes of at least 4 members (excludes halogenated alkanes) is 41. The number of carboxylic acid groups (broad SMARTS) is 1. The van der Waals surface area contributed by atoms with Gasteiger partial charge in [0.25, 0.3) is 5.79 Å². The fourth-order valence-corrected chi connectivity index (χ4v) is 13.8. The molecule has 0 aromatic carbocycles. The molecule has 0 radical (unpaired) electrons. The summed E-state index contributed by atoms with van der Waals surface area (Å²) in [6.45, 7) is 2.15. The van der Waals surface area contributed by atoms with Gasteiger partial charge in [-0.15, -0.1) is 0 Å². The fraction of sp³-hybridized carbons (Fsp3) is 0.933. The van der Waals surface area contributed by atoms with Gasteiger partial charge in [-0.2, -0.15) is 0 Å². The van der Waals surface area contributed by atoms with Crippen molar-refractivity contribution >= 4 is 17.8 Å². The van der Waals surface area contributed by atoms with Crippen LogP contribution in [-0.2, 0) is 42.8 Å². The van der Waals surface area contributed by atoms with Crippen molar-refractivity contribution in [1.29, 1.82) is 0 Å². The van der Waals surface area contributed by atoms with Crippen molar-refractivity contribution < 1.29 is 104 Å². The quantitative estimate of drug-likeness (QED) is 0.0199. The second-order valence-electron chi connectivity index (χ2n) is 28.6. The Morgan fingerprint density at radius 1 is 0.531 bits per heavy atom. The third kappa shape index (κ3) is 35.8. The molecule has 98 heavy (non-hydrogen) atoms. The molecule has 18 atom stereocenters. The van der Waals surface area contributed by atoms with E-state index < -0.39 is 155 Å². The molecule has 0 spiro atoms. The van der Waals surface area contributed by atoms with Crippen LogP contribution < -0.4 is 10.6 Å². The van der Waals surface area contributed by atoms with Crippen LogP contribution in [0, 0.1) is 0 Å². The summed E-state index contributed by atoms with van der Waals surface area (Å²) < 4.78 is 34.8. The van der Waals surface area contributed by atoms with Crippen molar-refractivity contribution in [3.63, 3.8) is 0 Å². The van der Waals surface area contributed by atoms with E-state index in [1.807, 2.05) is 6.08 Å². The molecule has 0 bridgehead atoms. The number of aliphatic hydroxyl groups is 11. The molecule has 3 saturated heterocycles. The molecule has 0 saturated carbocycles. The summed E-state index contributed by atoms with van der Waals surface area (Å²) in [5.41, 5.74) is 0. The molecule has 0 aliphatic carbocycles. The van der Waals surface area contributed by atoms with Crippen LogP contribution in [0.1, 0.15) is 310 Å². The SMILES string of the molecule is CCCCCCCCCCCC/C=C/C(O)C(COC1OC(CO)C(OC2OC(CO)C(O)C(OC3(C(=O)O)CC(O)C(NC(C)=O)C(C(O)C(O)CO)O3)C2O)C(O)C1O)NC(=O)CCCCCCCCCCCCCCCCCCCCCCCCCCCCCCCCCC. The van der Waals surface area contributed by atoms with Gasteiger partial charge in [0.05, 0.1) is 50.7 Å². The lowest BCUT2D eigenvalue weighted by molar-refractivity contribution is -0.386. The summed E-state index contributed by atoms with van der Waals surface area (Å²) in [6.07, 6.45) is 28.6. The maximum atomic E-state index is 13.5. The number of carbonyl (C=O) groups excluding carboxylic acids is 2. The maximum Gasteiger partial charge on any atom is 0.364 e.